The molecule has 6 nitrogen and oxygen atoms in total. The standard InChI is InChI=1S/C24H31N5O/c1-27(2)14-19-5-4-12-28(16-19)15-18-8-10-22(11-9-18)29-17-21-7-3-6-20(13-23(25)30)24(21)26-29/h3,6-11,17,19H,4-5,12-16H2,1-2H3,(H2,25,30)/t19-/m0/s1. The molecule has 2 N–H and O–H groups in total. The molecule has 0 spiro atoms. The molecule has 3 aromatic rings. The van der Waals surface area contributed by atoms with Crippen LogP contribution >= 0.6 is 0 Å². The summed E-state index contributed by atoms with van der Waals surface area (Å²) >= 11 is 0. The minimum atomic E-state index is -0.341. The van der Waals surface area contributed by atoms with Gasteiger partial charge in [-0.15, -0.1) is 0 Å². The summed E-state index contributed by atoms with van der Waals surface area (Å²) in [6.07, 6.45) is 4.82. The number of rotatable bonds is 7. The number of nitrogens with zero attached hydrogens (tertiary/aromatic N) is 4. The fraction of sp³-hybridized carbons (Fsp3) is 0.417. The first-order valence-corrected chi connectivity index (χ1v) is 10.7. The van der Waals surface area contributed by atoms with Crippen molar-refractivity contribution >= 4 is 16.8 Å². The van der Waals surface area contributed by atoms with E-state index >= 15 is 0 Å². The van der Waals surface area contributed by atoms with Crippen LogP contribution in [0.25, 0.3) is 16.6 Å². The van der Waals surface area contributed by atoms with Gasteiger partial charge < -0.3 is 10.6 Å². The maximum atomic E-state index is 11.3. The number of hydrogen-bond donors (Lipinski definition) is 1. The van der Waals surface area contributed by atoms with E-state index in [1.54, 1.807) is 0 Å². The number of carbonyl (C=O) groups is 1. The molecule has 2 aromatic carbocycles. The molecule has 1 saturated heterocycles. The van der Waals surface area contributed by atoms with E-state index in [1.807, 2.05) is 29.1 Å². The fourth-order valence-electron chi connectivity index (χ4n) is 4.54. The van der Waals surface area contributed by atoms with E-state index in [0.717, 1.165) is 34.6 Å². The van der Waals surface area contributed by atoms with Crippen LogP contribution in [0.1, 0.15) is 24.0 Å². The third-order valence-corrected chi connectivity index (χ3v) is 5.82. The lowest BCUT2D eigenvalue weighted by Crippen LogP contribution is -2.38. The molecule has 6 heteroatoms. The number of fused-ring (bicyclic) bond motifs is 1. The zero-order chi connectivity index (χ0) is 21.1. The van der Waals surface area contributed by atoms with E-state index in [1.165, 1.54) is 38.0 Å². The predicted octanol–water partition coefficient (Wildman–Crippen LogP) is 2.83. The van der Waals surface area contributed by atoms with Crippen LogP contribution in [-0.4, -0.2) is 59.2 Å². The number of aromatic nitrogens is 2. The highest BCUT2D eigenvalue weighted by Gasteiger charge is 2.20. The first-order chi connectivity index (χ1) is 14.5. The van der Waals surface area contributed by atoms with Crippen molar-refractivity contribution in [3.8, 4) is 5.69 Å². The van der Waals surface area contributed by atoms with Crippen molar-refractivity contribution in [2.75, 3.05) is 33.7 Å². The van der Waals surface area contributed by atoms with Crippen LogP contribution in [0.2, 0.25) is 0 Å². The normalized spacial score (nSPS) is 17.6. The van der Waals surface area contributed by atoms with Gasteiger partial charge in [0, 0.05) is 31.2 Å². The van der Waals surface area contributed by atoms with E-state index in [2.05, 4.69) is 48.2 Å². The van der Waals surface area contributed by atoms with Crippen LogP contribution in [-0.2, 0) is 17.8 Å². The zero-order valence-corrected chi connectivity index (χ0v) is 17.9. The molecule has 0 aliphatic carbocycles. The lowest BCUT2D eigenvalue weighted by Gasteiger charge is -2.34. The molecular weight excluding hydrogens is 374 g/mol. The number of piperidine rings is 1. The third-order valence-electron chi connectivity index (χ3n) is 5.82. The van der Waals surface area contributed by atoms with Crippen molar-refractivity contribution in [2.45, 2.75) is 25.8 Å². The molecule has 0 bridgehead atoms. The molecule has 2 heterocycles. The van der Waals surface area contributed by atoms with Crippen molar-refractivity contribution < 1.29 is 4.79 Å². The number of likely N-dealkylation sites (tertiary alicyclic amines) is 1. The van der Waals surface area contributed by atoms with Gasteiger partial charge in [0.1, 0.15) is 0 Å². The summed E-state index contributed by atoms with van der Waals surface area (Å²) in [6, 6.07) is 14.5. The first kappa shape index (κ1) is 20.6. The Kier molecular flexibility index (Phi) is 6.16. The number of hydrogen-bond acceptors (Lipinski definition) is 4. The second kappa shape index (κ2) is 8.98. The largest absolute Gasteiger partial charge is 0.369 e. The highest BCUT2D eigenvalue weighted by molar-refractivity contribution is 5.87. The molecular formula is C24H31N5O. The Bertz CT molecular complexity index is 1010. The highest BCUT2D eigenvalue weighted by Crippen LogP contribution is 2.22. The van der Waals surface area contributed by atoms with Gasteiger partial charge in [0.15, 0.2) is 0 Å². The maximum Gasteiger partial charge on any atom is 0.221 e. The molecule has 1 amide bonds. The Labute approximate surface area is 178 Å². The molecule has 1 aliphatic rings. The summed E-state index contributed by atoms with van der Waals surface area (Å²) < 4.78 is 1.88. The van der Waals surface area contributed by atoms with E-state index in [9.17, 15) is 4.79 Å². The first-order valence-electron chi connectivity index (χ1n) is 10.7. The van der Waals surface area contributed by atoms with Gasteiger partial charge in [0.05, 0.1) is 17.6 Å². The summed E-state index contributed by atoms with van der Waals surface area (Å²) in [5, 5.41) is 5.72. The average Bonchev–Trinajstić information content (AvgIpc) is 3.13. The van der Waals surface area contributed by atoms with E-state index in [4.69, 9.17) is 10.8 Å². The molecule has 1 aromatic heterocycles. The average molecular weight is 406 g/mol. The second-order valence-electron chi connectivity index (χ2n) is 8.74. The highest BCUT2D eigenvalue weighted by atomic mass is 16.1. The Hall–Kier alpha value is -2.70. The van der Waals surface area contributed by atoms with Crippen molar-refractivity contribution in [1.82, 2.24) is 19.6 Å². The fourth-order valence-corrected chi connectivity index (χ4v) is 4.54. The lowest BCUT2D eigenvalue weighted by atomic mass is 9.97. The van der Waals surface area contributed by atoms with Crippen molar-refractivity contribution in [1.29, 1.82) is 0 Å². The van der Waals surface area contributed by atoms with Crippen LogP contribution in [0.5, 0.6) is 0 Å². The molecule has 0 saturated carbocycles. The number of benzene rings is 2. The topological polar surface area (TPSA) is 67.4 Å². The van der Waals surface area contributed by atoms with Gasteiger partial charge in [0.25, 0.3) is 0 Å². The van der Waals surface area contributed by atoms with Gasteiger partial charge in [0.2, 0.25) is 5.91 Å². The zero-order valence-electron chi connectivity index (χ0n) is 17.9. The molecule has 1 atom stereocenters. The monoisotopic (exact) mass is 405 g/mol. The minimum Gasteiger partial charge on any atom is -0.369 e. The summed E-state index contributed by atoms with van der Waals surface area (Å²) in [6.45, 7) is 4.51. The second-order valence-corrected chi connectivity index (χ2v) is 8.74. The van der Waals surface area contributed by atoms with Crippen LogP contribution in [0.15, 0.2) is 48.7 Å². The van der Waals surface area contributed by atoms with E-state index in [-0.39, 0.29) is 12.3 Å². The molecule has 1 aliphatic heterocycles. The number of primary amides is 1. The molecule has 4 rings (SSSR count). The number of amides is 1. The molecule has 0 unspecified atom stereocenters. The number of nitrogens with two attached hydrogens (primary N) is 1. The Morgan fingerprint density at radius 1 is 1.20 bits per heavy atom. The SMILES string of the molecule is CN(C)C[C@@H]1CCCN(Cc2ccc(-n3cc4cccc(CC(N)=O)c4n3)cc2)C1. The van der Waals surface area contributed by atoms with E-state index in [0.29, 0.717) is 0 Å². The Morgan fingerprint density at radius 3 is 2.73 bits per heavy atom. The van der Waals surface area contributed by atoms with Crippen LogP contribution in [0.4, 0.5) is 0 Å². The summed E-state index contributed by atoms with van der Waals surface area (Å²) in [5.41, 5.74) is 9.43. The Balaban J connectivity index is 1.46. The third kappa shape index (κ3) is 4.89. The minimum absolute atomic E-state index is 0.206. The smallest absolute Gasteiger partial charge is 0.221 e. The van der Waals surface area contributed by atoms with Gasteiger partial charge in [-0.25, -0.2) is 4.68 Å². The van der Waals surface area contributed by atoms with Gasteiger partial charge in [-0.05, 0) is 62.7 Å². The quantitative estimate of drug-likeness (QED) is 0.656. The molecule has 1 fully saturated rings. The maximum absolute atomic E-state index is 11.3. The summed E-state index contributed by atoms with van der Waals surface area (Å²) in [4.78, 5) is 16.2. The lowest BCUT2D eigenvalue weighted by molar-refractivity contribution is -0.117. The molecule has 158 valence electrons. The van der Waals surface area contributed by atoms with Gasteiger partial charge in [-0.2, -0.15) is 5.10 Å². The van der Waals surface area contributed by atoms with Gasteiger partial charge in [-0.1, -0.05) is 30.3 Å². The van der Waals surface area contributed by atoms with E-state index < -0.39 is 0 Å². The van der Waals surface area contributed by atoms with Crippen molar-refractivity contribution in [2.24, 2.45) is 11.7 Å². The van der Waals surface area contributed by atoms with Crippen molar-refractivity contribution in [3.05, 3.63) is 59.8 Å². The van der Waals surface area contributed by atoms with Crippen LogP contribution < -0.4 is 5.73 Å². The molecule has 30 heavy (non-hydrogen) atoms. The van der Waals surface area contributed by atoms with Gasteiger partial charge in [-0.3, -0.25) is 9.69 Å². The summed E-state index contributed by atoms with van der Waals surface area (Å²) in [5.74, 6) is 0.422. The predicted molar refractivity (Wildman–Crippen MR) is 121 cm³/mol. The van der Waals surface area contributed by atoms with Crippen LogP contribution in [0.3, 0.4) is 0 Å². The summed E-state index contributed by atoms with van der Waals surface area (Å²) in [7, 11) is 4.32. The molecule has 0 radical (unpaired) electrons. The van der Waals surface area contributed by atoms with Crippen molar-refractivity contribution in [3.63, 3.8) is 0 Å². The Morgan fingerprint density at radius 2 is 2.00 bits per heavy atom. The van der Waals surface area contributed by atoms with Gasteiger partial charge >= 0.3 is 0 Å². The van der Waals surface area contributed by atoms with Crippen LogP contribution in [0, 0.1) is 5.92 Å². The number of carbonyl (C=O) groups excluding carboxylic acids is 1.